The molecule has 1 atom stereocenters. The smallest absolute Gasteiger partial charge is 0.393 e. The number of halogens is 3. The highest BCUT2D eigenvalue weighted by Gasteiger charge is 2.27. The molecule has 18 heavy (non-hydrogen) atoms. The first-order valence-electron chi connectivity index (χ1n) is 5.22. The number of aliphatic carboxylic acids is 1. The van der Waals surface area contributed by atoms with Gasteiger partial charge in [-0.25, -0.2) is 0 Å². The van der Waals surface area contributed by atoms with Crippen molar-refractivity contribution in [2.75, 3.05) is 0 Å². The zero-order valence-electron chi connectivity index (χ0n) is 10.00. The van der Waals surface area contributed by atoms with Crippen molar-refractivity contribution in [3.05, 3.63) is 36.0 Å². The van der Waals surface area contributed by atoms with Crippen LogP contribution in [0.2, 0.25) is 0 Å². The third-order valence-corrected chi connectivity index (χ3v) is 2.10. The fraction of sp³-hybridized carbons (Fsp3) is 0.417. The van der Waals surface area contributed by atoms with Crippen LogP contribution in [0.5, 0.6) is 0 Å². The number of carboxylic acid groups (broad SMARTS) is 1. The molecule has 0 aliphatic heterocycles. The van der Waals surface area contributed by atoms with Crippen molar-refractivity contribution >= 4 is 5.97 Å². The second kappa shape index (κ2) is 7.00. The number of allylic oxidation sites excluding steroid dienone is 4. The quantitative estimate of drug-likeness (QED) is 0.724. The van der Waals surface area contributed by atoms with Gasteiger partial charge >= 0.3 is 12.1 Å². The molecule has 0 bridgehead atoms. The Morgan fingerprint density at radius 3 is 2.39 bits per heavy atom. The van der Waals surface area contributed by atoms with E-state index in [0.29, 0.717) is 5.57 Å². The molecule has 3 nitrogen and oxygen atoms in total. The average molecular weight is 263 g/mol. The van der Waals surface area contributed by atoms with Gasteiger partial charge in [-0.05, 0) is 18.9 Å². The van der Waals surface area contributed by atoms with Crippen molar-refractivity contribution in [1.82, 2.24) is 0 Å². The fourth-order valence-electron chi connectivity index (χ4n) is 1.16. The summed E-state index contributed by atoms with van der Waals surface area (Å²) in [6, 6.07) is -1.07. The molecule has 0 rings (SSSR count). The van der Waals surface area contributed by atoms with E-state index in [1.54, 1.807) is 13.0 Å². The van der Waals surface area contributed by atoms with Crippen LogP contribution in [-0.2, 0) is 4.79 Å². The van der Waals surface area contributed by atoms with E-state index in [1.807, 2.05) is 0 Å². The van der Waals surface area contributed by atoms with Crippen molar-refractivity contribution in [3.63, 3.8) is 0 Å². The van der Waals surface area contributed by atoms with Crippen molar-refractivity contribution in [2.45, 2.75) is 32.0 Å². The Hall–Kier alpha value is -1.56. The van der Waals surface area contributed by atoms with Crippen LogP contribution in [-0.4, -0.2) is 23.3 Å². The van der Waals surface area contributed by atoms with Crippen LogP contribution in [0.3, 0.4) is 0 Å². The lowest BCUT2D eigenvalue weighted by Crippen LogP contribution is -2.30. The Morgan fingerprint density at radius 2 is 2.00 bits per heavy atom. The lowest BCUT2D eigenvalue weighted by atomic mass is 10.0. The van der Waals surface area contributed by atoms with Gasteiger partial charge in [-0.1, -0.05) is 30.4 Å². The van der Waals surface area contributed by atoms with E-state index in [2.05, 4.69) is 6.58 Å². The molecule has 6 heteroatoms. The van der Waals surface area contributed by atoms with Gasteiger partial charge in [0.15, 0.2) is 0 Å². The van der Waals surface area contributed by atoms with E-state index in [1.165, 1.54) is 12.2 Å². The molecular formula is C12H16F3NO2. The van der Waals surface area contributed by atoms with Crippen LogP contribution in [0.15, 0.2) is 36.0 Å². The highest BCUT2D eigenvalue weighted by molar-refractivity contribution is 5.73. The average Bonchev–Trinajstić information content (AvgIpc) is 2.21. The summed E-state index contributed by atoms with van der Waals surface area (Å²) in [5, 5.41) is 8.61. The predicted molar refractivity (Wildman–Crippen MR) is 62.9 cm³/mol. The Kier molecular flexibility index (Phi) is 6.40. The van der Waals surface area contributed by atoms with Crippen molar-refractivity contribution in [3.8, 4) is 0 Å². The molecule has 0 aromatic heterocycles. The standard InChI is InChI=1S/C12H16F3NO2/c1-3-9(6-10(16)11(17)18)5-4-8(2)7-12(13,14)15/h3-5,10H,2,6-7,16H2,1H3,(H,17,18)/b5-4-,9-3+. The maximum absolute atomic E-state index is 12.0. The molecule has 0 saturated heterocycles. The molecule has 0 radical (unpaired) electrons. The zero-order valence-corrected chi connectivity index (χ0v) is 10.00. The van der Waals surface area contributed by atoms with Crippen LogP contribution in [0.1, 0.15) is 19.8 Å². The molecule has 102 valence electrons. The molecule has 0 fully saturated rings. The predicted octanol–water partition coefficient (Wildman–Crippen LogP) is 2.80. The minimum Gasteiger partial charge on any atom is -0.480 e. The van der Waals surface area contributed by atoms with E-state index in [4.69, 9.17) is 10.8 Å². The summed E-state index contributed by atoms with van der Waals surface area (Å²) in [7, 11) is 0. The summed E-state index contributed by atoms with van der Waals surface area (Å²) in [6.45, 7) is 4.93. The first-order chi connectivity index (χ1) is 8.15. The van der Waals surface area contributed by atoms with Gasteiger partial charge < -0.3 is 10.8 Å². The van der Waals surface area contributed by atoms with Crippen LogP contribution in [0, 0.1) is 0 Å². The van der Waals surface area contributed by atoms with Gasteiger partial charge in [0.1, 0.15) is 6.04 Å². The summed E-state index contributed by atoms with van der Waals surface area (Å²) in [6.07, 6.45) is -1.11. The molecule has 1 unspecified atom stereocenters. The SMILES string of the molecule is C=C(/C=C\C(=C/C)CC(N)C(=O)O)CC(F)(F)F. The Morgan fingerprint density at radius 1 is 1.44 bits per heavy atom. The molecule has 0 saturated carbocycles. The highest BCUT2D eigenvalue weighted by atomic mass is 19.4. The van der Waals surface area contributed by atoms with E-state index in [-0.39, 0.29) is 12.0 Å². The van der Waals surface area contributed by atoms with Gasteiger partial charge in [-0.15, -0.1) is 0 Å². The van der Waals surface area contributed by atoms with E-state index in [0.717, 1.165) is 0 Å². The number of alkyl halides is 3. The van der Waals surface area contributed by atoms with Crippen molar-refractivity contribution in [2.24, 2.45) is 5.73 Å². The Labute approximate surface area is 103 Å². The van der Waals surface area contributed by atoms with Crippen LogP contribution < -0.4 is 5.73 Å². The fourth-order valence-corrected chi connectivity index (χ4v) is 1.16. The van der Waals surface area contributed by atoms with Crippen LogP contribution >= 0.6 is 0 Å². The first kappa shape index (κ1) is 16.4. The summed E-state index contributed by atoms with van der Waals surface area (Å²) in [5.41, 5.74) is 5.78. The number of hydrogen-bond donors (Lipinski definition) is 2. The Balaban J connectivity index is 4.47. The van der Waals surface area contributed by atoms with Gasteiger partial charge in [0.2, 0.25) is 0 Å². The molecule has 3 N–H and O–H groups in total. The van der Waals surface area contributed by atoms with Gasteiger partial charge in [0, 0.05) is 0 Å². The van der Waals surface area contributed by atoms with Gasteiger partial charge in [-0.3, -0.25) is 4.79 Å². The lowest BCUT2D eigenvalue weighted by molar-refractivity contribution is -0.138. The molecule has 0 aromatic carbocycles. The molecular weight excluding hydrogens is 247 g/mol. The van der Waals surface area contributed by atoms with Crippen molar-refractivity contribution < 1.29 is 23.1 Å². The van der Waals surface area contributed by atoms with Crippen LogP contribution in [0.4, 0.5) is 13.2 Å². The van der Waals surface area contributed by atoms with Gasteiger partial charge in [-0.2, -0.15) is 13.2 Å². The second-order valence-electron chi connectivity index (χ2n) is 3.80. The number of carbonyl (C=O) groups is 1. The first-order valence-corrected chi connectivity index (χ1v) is 5.22. The molecule has 0 amide bonds. The number of hydrogen-bond acceptors (Lipinski definition) is 2. The maximum Gasteiger partial charge on any atom is 0.393 e. The molecule has 0 aliphatic rings. The third-order valence-electron chi connectivity index (χ3n) is 2.10. The second-order valence-corrected chi connectivity index (χ2v) is 3.80. The largest absolute Gasteiger partial charge is 0.480 e. The minimum atomic E-state index is -4.30. The number of nitrogens with two attached hydrogens (primary N) is 1. The topological polar surface area (TPSA) is 63.3 Å². The molecule has 0 aromatic rings. The normalized spacial score (nSPS) is 14.8. The van der Waals surface area contributed by atoms with Crippen molar-refractivity contribution in [1.29, 1.82) is 0 Å². The van der Waals surface area contributed by atoms with Crippen LogP contribution in [0.25, 0.3) is 0 Å². The summed E-state index contributed by atoms with van der Waals surface area (Å²) in [5.74, 6) is -1.16. The summed E-state index contributed by atoms with van der Waals surface area (Å²) < 4.78 is 36.1. The lowest BCUT2D eigenvalue weighted by Gasteiger charge is -2.08. The highest BCUT2D eigenvalue weighted by Crippen LogP contribution is 2.24. The number of carboxylic acids is 1. The molecule has 0 aliphatic carbocycles. The van der Waals surface area contributed by atoms with E-state index < -0.39 is 24.6 Å². The third kappa shape index (κ3) is 7.67. The molecule has 0 spiro atoms. The summed E-state index contributed by atoms with van der Waals surface area (Å²) >= 11 is 0. The van der Waals surface area contributed by atoms with E-state index in [9.17, 15) is 18.0 Å². The van der Waals surface area contributed by atoms with Gasteiger partial charge in [0.05, 0.1) is 6.42 Å². The zero-order chi connectivity index (χ0) is 14.3. The monoisotopic (exact) mass is 263 g/mol. The maximum atomic E-state index is 12.0. The summed E-state index contributed by atoms with van der Waals surface area (Å²) in [4.78, 5) is 10.5. The minimum absolute atomic E-state index is 0.0572. The van der Waals surface area contributed by atoms with E-state index >= 15 is 0 Å². The number of rotatable bonds is 6. The van der Waals surface area contributed by atoms with Gasteiger partial charge in [0.25, 0.3) is 0 Å². The Bertz CT molecular complexity index is 370. The molecule has 0 heterocycles.